The summed E-state index contributed by atoms with van der Waals surface area (Å²) in [5.41, 5.74) is 1.72. The lowest BCUT2D eigenvalue weighted by Crippen LogP contribution is -2.24. The number of carbonyl (C=O) groups excluding carboxylic acids is 2. The van der Waals surface area contributed by atoms with Crippen molar-refractivity contribution >= 4 is 29.2 Å². The van der Waals surface area contributed by atoms with Gasteiger partial charge in [0, 0.05) is 24.5 Å². The van der Waals surface area contributed by atoms with Crippen molar-refractivity contribution in [3.63, 3.8) is 0 Å². The fourth-order valence-electron chi connectivity index (χ4n) is 2.17. The van der Waals surface area contributed by atoms with E-state index in [1.807, 2.05) is 24.3 Å². The van der Waals surface area contributed by atoms with Crippen LogP contribution < -0.4 is 4.90 Å². The summed E-state index contributed by atoms with van der Waals surface area (Å²) < 4.78 is 4.61. The molecule has 5 heteroatoms. The summed E-state index contributed by atoms with van der Waals surface area (Å²) in [6.07, 6.45) is 0.752. The molecule has 1 aromatic carbocycles. The van der Waals surface area contributed by atoms with Gasteiger partial charge in [-0.2, -0.15) is 0 Å². The van der Waals surface area contributed by atoms with Crippen LogP contribution in [-0.4, -0.2) is 31.4 Å². The average Bonchev–Trinajstić information content (AvgIpc) is 2.81. The maximum absolute atomic E-state index is 11.8. The molecule has 0 aromatic heterocycles. The second-order valence-corrected chi connectivity index (χ2v) is 4.96. The highest BCUT2D eigenvalue weighted by atomic mass is 35.5. The van der Waals surface area contributed by atoms with Gasteiger partial charge in [-0.25, -0.2) is 0 Å². The maximum atomic E-state index is 11.8. The zero-order chi connectivity index (χ0) is 13.8. The largest absolute Gasteiger partial charge is 0.469 e. The minimum Gasteiger partial charge on any atom is -0.469 e. The first-order valence-corrected chi connectivity index (χ1v) is 6.69. The van der Waals surface area contributed by atoms with Crippen LogP contribution in [0.25, 0.3) is 0 Å². The highest BCUT2D eigenvalue weighted by Gasteiger charge is 2.29. The quantitative estimate of drug-likeness (QED) is 0.626. The second kappa shape index (κ2) is 6.06. The van der Waals surface area contributed by atoms with Crippen molar-refractivity contribution in [3.05, 3.63) is 29.8 Å². The van der Waals surface area contributed by atoms with Gasteiger partial charge in [0.25, 0.3) is 0 Å². The summed E-state index contributed by atoms with van der Waals surface area (Å²) >= 11 is 5.79. The molecule has 19 heavy (non-hydrogen) atoms. The third-order valence-electron chi connectivity index (χ3n) is 3.25. The van der Waals surface area contributed by atoms with Gasteiger partial charge in [-0.15, -0.1) is 11.6 Å². The molecule has 2 rings (SSSR count). The Labute approximate surface area is 117 Å². The van der Waals surface area contributed by atoms with Crippen molar-refractivity contribution < 1.29 is 14.3 Å². The molecule has 1 aliphatic rings. The smallest absolute Gasteiger partial charge is 0.309 e. The summed E-state index contributed by atoms with van der Waals surface area (Å²) in [6, 6.07) is 7.39. The van der Waals surface area contributed by atoms with Gasteiger partial charge in [0.1, 0.15) is 0 Å². The van der Waals surface area contributed by atoms with E-state index in [-0.39, 0.29) is 24.2 Å². The monoisotopic (exact) mass is 281 g/mol. The van der Waals surface area contributed by atoms with Gasteiger partial charge >= 0.3 is 5.97 Å². The molecular formula is C14H16ClNO3. The predicted molar refractivity (Wildman–Crippen MR) is 73.3 cm³/mol. The number of rotatable bonds is 4. The van der Waals surface area contributed by atoms with Crippen LogP contribution in [0.4, 0.5) is 5.69 Å². The number of methoxy groups -OCH3 is 1. The third-order valence-corrected chi connectivity index (χ3v) is 3.68. The van der Waals surface area contributed by atoms with Crippen LogP contribution in [-0.2, 0) is 20.7 Å². The summed E-state index contributed by atoms with van der Waals surface area (Å²) in [5.74, 6) is 0.560. The van der Waals surface area contributed by atoms with E-state index in [0.29, 0.717) is 18.8 Å². The number of hydrogen-bond donors (Lipinski definition) is 0. The Morgan fingerprint density at radius 1 is 1.42 bits per heavy atom. The van der Waals surface area contributed by atoms with Gasteiger partial charge in [0.2, 0.25) is 5.91 Å². The van der Waals surface area contributed by atoms with Gasteiger partial charge < -0.3 is 9.64 Å². The number of hydrogen-bond acceptors (Lipinski definition) is 3. The first kappa shape index (κ1) is 13.9. The second-order valence-electron chi connectivity index (χ2n) is 4.65. The highest BCUT2D eigenvalue weighted by Crippen LogP contribution is 2.26. The zero-order valence-electron chi connectivity index (χ0n) is 10.8. The molecule has 102 valence electrons. The molecule has 1 aromatic rings. The molecule has 1 aliphatic heterocycles. The number of halogens is 1. The number of benzene rings is 1. The molecule has 4 nitrogen and oxygen atoms in total. The maximum Gasteiger partial charge on any atom is 0.309 e. The van der Waals surface area contributed by atoms with Gasteiger partial charge in [-0.1, -0.05) is 12.1 Å². The Morgan fingerprint density at radius 2 is 2.11 bits per heavy atom. The number of amides is 1. The molecule has 1 fully saturated rings. The van der Waals surface area contributed by atoms with E-state index in [2.05, 4.69) is 4.74 Å². The van der Waals surface area contributed by atoms with Crippen molar-refractivity contribution in [1.82, 2.24) is 0 Å². The lowest BCUT2D eigenvalue weighted by Gasteiger charge is -2.16. The highest BCUT2D eigenvalue weighted by molar-refractivity contribution is 6.18. The molecule has 1 amide bonds. The van der Waals surface area contributed by atoms with Gasteiger partial charge in [-0.05, 0) is 23.6 Å². The van der Waals surface area contributed by atoms with Crippen LogP contribution in [0.2, 0.25) is 0 Å². The Morgan fingerprint density at radius 3 is 2.63 bits per heavy atom. The standard InChI is InChI=1S/C14H16ClNO3/c1-19-14(18)7-10-2-4-12(5-3-10)16-9-11(8-15)6-13(16)17/h2-5,11H,6-9H2,1H3. The van der Waals surface area contributed by atoms with E-state index < -0.39 is 0 Å². The fraction of sp³-hybridized carbons (Fsp3) is 0.429. The number of anilines is 1. The van der Waals surface area contributed by atoms with Crippen molar-refractivity contribution in [2.75, 3.05) is 24.4 Å². The molecule has 0 N–H and O–H groups in total. The molecule has 1 atom stereocenters. The first-order valence-electron chi connectivity index (χ1n) is 6.16. The summed E-state index contributed by atoms with van der Waals surface area (Å²) in [5, 5.41) is 0. The van der Waals surface area contributed by atoms with Crippen molar-refractivity contribution in [3.8, 4) is 0 Å². The topological polar surface area (TPSA) is 46.6 Å². The summed E-state index contributed by atoms with van der Waals surface area (Å²) in [7, 11) is 1.37. The lowest BCUT2D eigenvalue weighted by atomic mass is 10.1. The Hall–Kier alpha value is -1.55. The number of ether oxygens (including phenoxy) is 1. The van der Waals surface area contributed by atoms with Crippen LogP contribution in [0.1, 0.15) is 12.0 Å². The summed E-state index contributed by atoms with van der Waals surface area (Å²) in [6.45, 7) is 0.665. The van der Waals surface area contributed by atoms with E-state index in [1.54, 1.807) is 4.90 Å². The minimum atomic E-state index is -0.271. The minimum absolute atomic E-state index is 0.103. The van der Waals surface area contributed by atoms with Crippen LogP contribution in [0.5, 0.6) is 0 Å². The first-order chi connectivity index (χ1) is 9.13. The van der Waals surface area contributed by atoms with E-state index in [0.717, 1.165) is 11.3 Å². The lowest BCUT2D eigenvalue weighted by molar-refractivity contribution is -0.139. The molecular weight excluding hydrogens is 266 g/mol. The molecule has 0 saturated carbocycles. The van der Waals surface area contributed by atoms with Gasteiger partial charge in [0.05, 0.1) is 13.5 Å². The molecule has 0 aliphatic carbocycles. The van der Waals surface area contributed by atoms with E-state index in [9.17, 15) is 9.59 Å². The van der Waals surface area contributed by atoms with Crippen molar-refractivity contribution in [1.29, 1.82) is 0 Å². The molecule has 0 bridgehead atoms. The van der Waals surface area contributed by atoms with Crippen LogP contribution in [0.3, 0.4) is 0 Å². The third kappa shape index (κ3) is 3.26. The van der Waals surface area contributed by atoms with Crippen molar-refractivity contribution in [2.24, 2.45) is 5.92 Å². The number of nitrogens with zero attached hydrogens (tertiary/aromatic N) is 1. The Bertz CT molecular complexity index is 472. The number of alkyl halides is 1. The van der Waals surface area contributed by atoms with Gasteiger partial charge in [-0.3, -0.25) is 9.59 Å². The zero-order valence-corrected chi connectivity index (χ0v) is 11.5. The van der Waals surface area contributed by atoms with Crippen LogP contribution >= 0.6 is 11.6 Å². The van der Waals surface area contributed by atoms with E-state index >= 15 is 0 Å². The van der Waals surface area contributed by atoms with Crippen LogP contribution in [0.15, 0.2) is 24.3 Å². The van der Waals surface area contributed by atoms with Gasteiger partial charge in [0.15, 0.2) is 0 Å². The Kier molecular flexibility index (Phi) is 4.43. The molecule has 1 unspecified atom stereocenters. The van der Waals surface area contributed by atoms with Crippen molar-refractivity contribution in [2.45, 2.75) is 12.8 Å². The Balaban J connectivity index is 2.06. The fourth-order valence-corrected chi connectivity index (χ4v) is 2.37. The average molecular weight is 282 g/mol. The van der Waals surface area contributed by atoms with E-state index in [4.69, 9.17) is 11.6 Å². The van der Waals surface area contributed by atoms with E-state index in [1.165, 1.54) is 7.11 Å². The molecule has 0 spiro atoms. The summed E-state index contributed by atoms with van der Waals surface area (Å²) in [4.78, 5) is 24.7. The van der Waals surface area contributed by atoms with Crippen LogP contribution in [0, 0.1) is 5.92 Å². The number of carbonyl (C=O) groups is 2. The SMILES string of the molecule is COC(=O)Cc1ccc(N2CC(CCl)CC2=O)cc1. The number of esters is 1. The normalized spacial score (nSPS) is 18.7. The molecule has 1 heterocycles. The molecule has 0 radical (unpaired) electrons. The predicted octanol–water partition coefficient (Wildman–Crippen LogP) is 1.99. The molecule has 1 saturated heterocycles.